The molecule has 2 aromatic carbocycles. The second kappa shape index (κ2) is 4.78. The third kappa shape index (κ3) is 2.18. The zero-order chi connectivity index (χ0) is 12.3. The molecule has 0 amide bonds. The highest BCUT2D eigenvalue weighted by atomic mass is 19.1. The molecule has 0 N–H and O–H groups in total. The Hall–Kier alpha value is -2.16. The van der Waals surface area contributed by atoms with Crippen LogP contribution in [0.2, 0.25) is 0 Å². The van der Waals surface area contributed by atoms with Crippen molar-refractivity contribution < 1.29 is 13.9 Å². The van der Waals surface area contributed by atoms with Gasteiger partial charge in [-0.25, -0.2) is 4.39 Å². The molecule has 86 valence electrons. The molecule has 0 heterocycles. The maximum Gasteiger partial charge on any atom is 0.150 e. The van der Waals surface area contributed by atoms with Crippen LogP contribution in [0.25, 0.3) is 11.1 Å². The number of aldehydes is 1. The van der Waals surface area contributed by atoms with Gasteiger partial charge >= 0.3 is 0 Å². The van der Waals surface area contributed by atoms with Gasteiger partial charge in [0.05, 0.1) is 7.11 Å². The normalized spacial score (nSPS) is 10.0. The second-order valence-electron chi connectivity index (χ2n) is 3.55. The van der Waals surface area contributed by atoms with Crippen LogP contribution < -0.4 is 4.74 Å². The summed E-state index contributed by atoms with van der Waals surface area (Å²) in [6.07, 6.45) is 0.699. The first-order valence-corrected chi connectivity index (χ1v) is 5.14. The molecule has 0 bridgehead atoms. The van der Waals surface area contributed by atoms with Crippen molar-refractivity contribution in [2.75, 3.05) is 7.11 Å². The lowest BCUT2D eigenvalue weighted by molar-refractivity contribution is 0.112. The van der Waals surface area contributed by atoms with Crippen LogP contribution in [0.15, 0.2) is 42.5 Å². The lowest BCUT2D eigenvalue weighted by Gasteiger charge is -2.08. The van der Waals surface area contributed by atoms with E-state index in [4.69, 9.17) is 4.74 Å². The number of hydrogen-bond donors (Lipinski definition) is 0. The van der Waals surface area contributed by atoms with Crippen LogP contribution in [-0.2, 0) is 0 Å². The minimum atomic E-state index is -0.347. The summed E-state index contributed by atoms with van der Waals surface area (Å²) in [6, 6.07) is 11.3. The third-order valence-corrected chi connectivity index (χ3v) is 2.55. The van der Waals surface area contributed by atoms with Crippen LogP contribution in [0.4, 0.5) is 4.39 Å². The van der Waals surface area contributed by atoms with Gasteiger partial charge in [-0.05, 0) is 29.8 Å². The van der Waals surface area contributed by atoms with Crippen molar-refractivity contribution in [3.63, 3.8) is 0 Å². The standard InChI is InChI=1S/C14H11FO2/c1-17-11-6-7-12(10(8-11)9-16)13-4-2-3-5-14(13)15/h2-9H,1H3. The Balaban J connectivity index is 2.60. The van der Waals surface area contributed by atoms with Gasteiger partial charge in [-0.15, -0.1) is 0 Å². The van der Waals surface area contributed by atoms with Crippen molar-refractivity contribution in [2.24, 2.45) is 0 Å². The van der Waals surface area contributed by atoms with E-state index in [1.807, 2.05) is 0 Å². The first kappa shape index (κ1) is 11.3. The molecular formula is C14H11FO2. The number of ether oxygens (including phenoxy) is 1. The zero-order valence-corrected chi connectivity index (χ0v) is 9.31. The predicted molar refractivity (Wildman–Crippen MR) is 63.8 cm³/mol. The molecular weight excluding hydrogens is 219 g/mol. The van der Waals surface area contributed by atoms with E-state index in [1.54, 1.807) is 36.4 Å². The fourth-order valence-electron chi connectivity index (χ4n) is 1.69. The first-order valence-electron chi connectivity index (χ1n) is 5.14. The number of carbonyl (C=O) groups excluding carboxylic acids is 1. The molecule has 0 aliphatic heterocycles. The van der Waals surface area contributed by atoms with E-state index in [9.17, 15) is 9.18 Å². The summed E-state index contributed by atoms with van der Waals surface area (Å²) in [7, 11) is 1.52. The number of hydrogen-bond acceptors (Lipinski definition) is 2. The zero-order valence-electron chi connectivity index (χ0n) is 9.31. The summed E-state index contributed by atoms with van der Waals surface area (Å²) < 4.78 is 18.7. The Labute approximate surface area is 98.7 Å². The predicted octanol–water partition coefficient (Wildman–Crippen LogP) is 3.31. The summed E-state index contributed by atoms with van der Waals surface area (Å²) in [5, 5.41) is 0. The summed E-state index contributed by atoms with van der Waals surface area (Å²) >= 11 is 0. The number of carbonyl (C=O) groups is 1. The van der Waals surface area contributed by atoms with E-state index < -0.39 is 0 Å². The molecule has 0 saturated heterocycles. The molecule has 0 aliphatic carbocycles. The van der Waals surface area contributed by atoms with Gasteiger partial charge in [0.1, 0.15) is 11.6 Å². The highest BCUT2D eigenvalue weighted by Crippen LogP contribution is 2.28. The van der Waals surface area contributed by atoms with Crippen LogP contribution >= 0.6 is 0 Å². The summed E-state index contributed by atoms with van der Waals surface area (Å²) in [4.78, 5) is 11.0. The third-order valence-electron chi connectivity index (χ3n) is 2.55. The van der Waals surface area contributed by atoms with Crippen LogP contribution in [-0.4, -0.2) is 13.4 Å². The molecule has 0 spiro atoms. The monoisotopic (exact) mass is 230 g/mol. The first-order chi connectivity index (χ1) is 8.26. The van der Waals surface area contributed by atoms with E-state index in [0.29, 0.717) is 28.7 Å². The van der Waals surface area contributed by atoms with Gasteiger partial charge in [0.2, 0.25) is 0 Å². The van der Waals surface area contributed by atoms with Crippen LogP contribution in [0, 0.1) is 5.82 Å². The van der Waals surface area contributed by atoms with Gasteiger partial charge in [-0.1, -0.05) is 18.2 Å². The van der Waals surface area contributed by atoms with Gasteiger partial charge < -0.3 is 4.74 Å². The van der Waals surface area contributed by atoms with Crippen molar-refractivity contribution in [1.82, 2.24) is 0 Å². The number of benzene rings is 2. The lowest BCUT2D eigenvalue weighted by Crippen LogP contribution is -1.92. The summed E-state index contributed by atoms with van der Waals surface area (Å²) in [5.41, 5.74) is 1.39. The highest BCUT2D eigenvalue weighted by molar-refractivity contribution is 5.88. The summed E-state index contributed by atoms with van der Waals surface area (Å²) in [6.45, 7) is 0. The Morgan fingerprint density at radius 2 is 1.88 bits per heavy atom. The molecule has 17 heavy (non-hydrogen) atoms. The van der Waals surface area contributed by atoms with Gasteiger partial charge in [-0.2, -0.15) is 0 Å². The maximum absolute atomic E-state index is 13.6. The molecule has 0 atom stereocenters. The molecule has 0 saturated carbocycles. The Morgan fingerprint density at radius 1 is 1.12 bits per heavy atom. The fourth-order valence-corrected chi connectivity index (χ4v) is 1.69. The molecule has 2 rings (SSSR count). The number of halogens is 1. The average molecular weight is 230 g/mol. The van der Waals surface area contributed by atoms with Crippen molar-refractivity contribution >= 4 is 6.29 Å². The van der Waals surface area contributed by atoms with Crippen molar-refractivity contribution in [3.05, 3.63) is 53.8 Å². The summed E-state index contributed by atoms with van der Waals surface area (Å²) in [5.74, 6) is 0.230. The van der Waals surface area contributed by atoms with E-state index in [1.165, 1.54) is 13.2 Å². The van der Waals surface area contributed by atoms with E-state index in [-0.39, 0.29) is 5.82 Å². The van der Waals surface area contributed by atoms with Crippen LogP contribution in [0.1, 0.15) is 10.4 Å². The lowest BCUT2D eigenvalue weighted by atomic mass is 10.00. The largest absolute Gasteiger partial charge is 0.497 e. The van der Waals surface area contributed by atoms with Crippen LogP contribution in [0.3, 0.4) is 0 Å². The molecule has 3 heteroatoms. The number of rotatable bonds is 3. The topological polar surface area (TPSA) is 26.3 Å². The molecule has 0 unspecified atom stereocenters. The Bertz CT molecular complexity index is 550. The minimum Gasteiger partial charge on any atom is -0.497 e. The highest BCUT2D eigenvalue weighted by Gasteiger charge is 2.09. The number of methoxy groups -OCH3 is 1. The average Bonchev–Trinajstić information content (AvgIpc) is 2.38. The molecule has 0 radical (unpaired) electrons. The van der Waals surface area contributed by atoms with Crippen LogP contribution in [0.5, 0.6) is 5.75 Å². The van der Waals surface area contributed by atoms with Gasteiger partial charge in [0, 0.05) is 11.1 Å². The van der Waals surface area contributed by atoms with Gasteiger partial charge in [0.25, 0.3) is 0 Å². The maximum atomic E-state index is 13.6. The van der Waals surface area contributed by atoms with Crippen molar-refractivity contribution in [1.29, 1.82) is 0 Å². The van der Waals surface area contributed by atoms with Crippen molar-refractivity contribution in [3.8, 4) is 16.9 Å². The van der Waals surface area contributed by atoms with Gasteiger partial charge in [-0.3, -0.25) is 4.79 Å². The molecule has 2 nitrogen and oxygen atoms in total. The van der Waals surface area contributed by atoms with E-state index in [0.717, 1.165) is 0 Å². The van der Waals surface area contributed by atoms with E-state index in [2.05, 4.69) is 0 Å². The molecule has 2 aromatic rings. The SMILES string of the molecule is COc1ccc(-c2ccccc2F)c(C=O)c1. The molecule has 0 fully saturated rings. The van der Waals surface area contributed by atoms with Gasteiger partial charge in [0.15, 0.2) is 6.29 Å². The Kier molecular flexibility index (Phi) is 3.19. The molecule has 0 aliphatic rings. The fraction of sp³-hybridized carbons (Fsp3) is 0.0714. The minimum absolute atomic E-state index is 0.347. The quantitative estimate of drug-likeness (QED) is 0.756. The van der Waals surface area contributed by atoms with E-state index >= 15 is 0 Å². The van der Waals surface area contributed by atoms with Crippen molar-refractivity contribution in [2.45, 2.75) is 0 Å². The smallest absolute Gasteiger partial charge is 0.150 e. The molecule has 0 aromatic heterocycles. The Morgan fingerprint density at radius 3 is 2.53 bits per heavy atom. The second-order valence-corrected chi connectivity index (χ2v) is 3.55.